The lowest BCUT2D eigenvalue weighted by Gasteiger charge is -2.10. The van der Waals surface area contributed by atoms with Gasteiger partial charge in [-0.2, -0.15) is 0 Å². The van der Waals surface area contributed by atoms with Crippen molar-refractivity contribution in [1.82, 2.24) is 15.3 Å². The molecule has 0 aliphatic heterocycles. The molecule has 0 fully saturated rings. The lowest BCUT2D eigenvalue weighted by Crippen LogP contribution is -2.27. The van der Waals surface area contributed by atoms with Crippen molar-refractivity contribution in [3.8, 4) is 0 Å². The van der Waals surface area contributed by atoms with Crippen molar-refractivity contribution in [2.45, 2.75) is 32.9 Å². The molecule has 2 aromatic rings. The van der Waals surface area contributed by atoms with E-state index in [-0.39, 0.29) is 36.8 Å². The van der Waals surface area contributed by atoms with Crippen LogP contribution in [0, 0.1) is 0 Å². The van der Waals surface area contributed by atoms with Gasteiger partial charge in [-0.25, -0.2) is 9.97 Å². The molecule has 0 saturated heterocycles. The number of amides is 1. The van der Waals surface area contributed by atoms with Gasteiger partial charge in [0.25, 0.3) is 5.91 Å². The Hall–Kier alpha value is -0.730. The topological polar surface area (TPSA) is 80.9 Å². The molecule has 0 bridgehead atoms. The third kappa shape index (κ3) is 5.19. The molecule has 1 amide bonds. The fourth-order valence-electron chi connectivity index (χ4n) is 1.54. The Bertz CT molecular complexity index is 573. The van der Waals surface area contributed by atoms with E-state index < -0.39 is 0 Å². The van der Waals surface area contributed by atoms with Crippen molar-refractivity contribution in [1.29, 1.82) is 0 Å². The number of carbonyl (C=O) groups excluding carboxylic acids is 1. The smallest absolute Gasteiger partial charge is 0.271 e. The Morgan fingerprint density at radius 2 is 1.95 bits per heavy atom. The first-order valence-corrected chi connectivity index (χ1v) is 7.79. The fourth-order valence-corrected chi connectivity index (χ4v) is 3.03. The van der Waals surface area contributed by atoms with Crippen molar-refractivity contribution < 1.29 is 4.79 Å². The van der Waals surface area contributed by atoms with Crippen LogP contribution in [0.1, 0.15) is 46.1 Å². The van der Waals surface area contributed by atoms with Gasteiger partial charge in [0, 0.05) is 17.3 Å². The average Bonchev–Trinajstić information content (AvgIpc) is 3.07. The number of nitrogens with one attached hydrogen (secondary N) is 1. The normalized spacial score (nSPS) is 11.2. The van der Waals surface area contributed by atoms with Crippen molar-refractivity contribution in [3.05, 3.63) is 32.2 Å². The molecular formula is C12H18Cl2N4OS2. The van der Waals surface area contributed by atoms with E-state index in [2.05, 4.69) is 22.2 Å². The van der Waals surface area contributed by atoms with Gasteiger partial charge in [-0.1, -0.05) is 6.92 Å². The van der Waals surface area contributed by atoms with E-state index in [1.54, 1.807) is 16.7 Å². The van der Waals surface area contributed by atoms with E-state index in [1.807, 2.05) is 12.3 Å². The van der Waals surface area contributed by atoms with E-state index in [1.165, 1.54) is 11.3 Å². The zero-order valence-electron chi connectivity index (χ0n) is 11.7. The number of nitrogens with two attached hydrogens (primary N) is 1. The van der Waals surface area contributed by atoms with E-state index in [4.69, 9.17) is 5.73 Å². The molecule has 0 saturated carbocycles. The first kappa shape index (κ1) is 20.3. The molecule has 0 spiro atoms. The van der Waals surface area contributed by atoms with Gasteiger partial charge >= 0.3 is 0 Å². The Kier molecular flexibility index (Phi) is 9.00. The van der Waals surface area contributed by atoms with Crippen LogP contribution in [0.15, 0.2) is 10.8 Å². The lowest BCUT2D eigenvalue weighted by molar-refractivity contribution is 0.0934. The highest BCUT2D eigenvalue weighted by Gasteiger charge is 2.16. The van der Waals surface area contributed by atoms with E-state index >= 15 is 0 Å². The number of aryl methyl sites for hydroxylation is 1. The van der Waals surface area contributed by atoms with Gasteiger partial charge in [-0.15, -0.1) is 47.5 Å². The van der Waals surface area contributed by atoms with Crippen LogP contribution in [-0.2, 0) is 13.0 Å². The zero-order chi connectivity index (χ0) is 13.8. The van der Waals surface area contributed by atoms with Gasteiger partial charge < -0.3 is 11.1 Å². The summed E-state index contributed by atoms with van der Waals surface area (Å²) in [6.07, 6.45) is 0.914. The highest BCUT2D eigenvalue weighted by Crippen LogP contribution is 2.17. The Balaban J connectivity index is 0.00000200. The Morgan fingerprint density at radius 3 is 2.48 bits per heavy atom. The van der Waals surface area contributed by atoms with Crippen LogP contribution >= 0.6 is 47.5 Å². The Labute approximate surface area is 144 Å². The maximum atomic E-state index is 12.0. The molecular weight excluding hydrogens is 351 g/mol. The first-order valence-electron chi connectivity index (χ1n) is 6.03. The molecule has 9 heteroatoms. The third-order valence-electron chi connectivity index (χ3n) is 2.62. The monoisotopic (exact) mass is 368 g/mol. The maximum absolute atomic E-state index is 12.0. The number of aromatic nitrogens is 2. The molecule has 21 heavy (non-hydrogen) atoms. The quantitative estimate of drug-likeness (QED) is 0.849. The molecule has 2 rings (SSSR count). The summed E-state index contributed by atoms with van der Waals surface area (Å²) in [5, 5.41) is 8.45. The van der Waals surface area contributed by atoms with Crippen LogP contribution in [0.4, 0.5) is 0 Å². The minimum absolute atomic E-state index is 0. The third-order valence-corrected chi connectivity index (χ3v) is 4.50. The molecule has 0 radical (unpaired) electrons. The van der Waals surface area contributed by atoms with Gasteiger partial charge in [-0.05, 0) is 13.3 Å². The van der Waals surface area contributed by atoms with Crippen molar-refractivity contribution in [3.63, 3.8) is 0 Å². The van der Waals surface area contributed by atoms with Gasteiger partial charge in [0.2, 0.25) is 0 Å². The van der Waals surface area contributed by atoms with Crippen LogP contribution in [0.2, 0.25) is 0 Å². The fraction of sp³-hybridized carbons (Fsp3) is 0.417. The number of thiazole rings is 2. The van der Waals surface area contributed by atoms with E-state index in [0.717, 1.165) is 22.1 Å². The summed E-state index contributed by atoms with van der Waals surface area (Å²) in [7, 11) is 0. The van der Waals surface area contributed by atoms with Crippen molar-refractivity contribution in [2.75, 3.05) is 0 Å². The van der Waals surface area contributed by atoms with Gasteiger partial charge in [0.1, 0.15) is 10.7 Å². The molecule has 2 aromatic heterocycles. The van der Waals surface area contributed by atoms with E-state index in [0.29, 0.717) is 12.2 Å². The van der Waals surface area contributed by atoms with Gasteiger partial charge in [0.15, 0.2) is 0 Å². The summed E-state index contributed by atoms with van der Waals surface area (Å²) in [5.41, 5.74) is 6.79. The molecule has 2 heterocycles. The molecule has 1 atom stereocenters. The molecule has 0 aromatic carbocycles. The molecule has 0 aliphatic rings. The highest BCUT2D eigenvalue weighted by molar-refractivity contribution is 7.10. The molecule has 0 aliphatic carbocycles. The summed E-state index contributed by atoms with van der Waals surface area (Å²) in [6, 6.07) is -0.118. The van der Waals surface area contributed by atoms with E-state index in [9.17, 15) is 4.79 Å². The second-order valence-electron chi connectivity index (χ2n) is 4.05. The predicted octanol–water partition coefficient (Wildman–Crippen LogP) is 2.96. The summed E-state index contributed by atoms with van der Waals surface area (Å²) in [4.78, 5) is 20.6. The average molecular weight is 369 g/mol. The number of hydrogen-bond donors (Lipinski definition) is 2. The predicted molar refractivity (Wildman–Crippen MR) is 91.9 cm³/mol. The van der Waals surface area contributed by atoms with Crippen LogP contribution in [0.25, 0.3) is 0 Å². The maximum Gasteiger partial charge on any atom is 0.271 e. The molecule has 3 N–H and O–H groups in total. The largest absolute Gasteiger partial charge is 0.343 e. The second kappa shape index (κ2) is 9.32. The summed E-state index contributed by atoms with van der Waals surface area (Å²) in [6.45, 7) is 4.34. The van der Waals surface area contributed by atoms with Crippen LogP contribution in [-0.4, -0.2) is 15.9 Å². The summed E-state index contributed by atoms with van der Waals surface area (Å²) in [5.74, 6) is -0.186. The molecule has 118 valence electrons. The number of halogens is 2. The molecule has 5 nitrogen and oxygen atoms in total. The number of nitrogens with zero attached hydrogens (tertiary/aromatic N) is 2. The first-order chi connectivity index (χ1) is 9.13. The highest BCUT2D eigenvalue weighted by atomic mass is 35.5. The van der Waals surface area contributed by atoms with Gasteiger partial charge in [-0.3, -0.25) is 4.79 Å². The van der Waals surface area contributed by atoms with Crippen molar-refractivity contribution >= 4 is 53.4 Å². The number of rotatable bonds is 5. The standard InChI is InChI=1S/C12H16N4OS2.2ClH/c1-3-10-15-8(5-18-10)7(2)14-12(17)9-6-19-11(4-13)16-9;;/h5-7H,3-4,13H2,1-2H3,(H,14,17);2*1H. The summed E-state index contributed by atoms with van der Waals surface area (Å²) < 4.78 is 0. The van der Waals surface area contributed by atoms with Crippen molar-refractivity contribution in [2.24, 2.45) is 5.73 Å². The minimum atomic E-state index is -0.186. The van der Waals surface area contributed by atoms with Crippen LogP contribution < -0.4 is 11.1 Å². The van der Waals surface area contributed by atoms with Gasteiger partial charge in [0.05, 0.1) is 16.7 Å². The zero-order valence-corrected chi connectivity index (χ0v) is 14.9. The SMILES string of the molecule is CCc1nc(C(C)NC(=O)c2csc(CN)n2)cs1.Cl.Cl. The summed E-state index contributed by atoms with van der Waals surface area (Å²) >= 11 is 3.01. The number of hydrogen-bond acceptors (Lipinski definition) is 6. The molecule has 1 unspecified atom stereocenters. The Morgan fingerprint density at radius 1 is 1.29 bits per heavy atom. The van der Waals surface area contributed by atoms with Crippen LogP contribution in [0.5, 0.6) is 0 Å². The second-order valence-corrected chi connectivity index (χ2v) is 5.93. The van der Waals surface area contributed by atoms with Crippen LogP contribution in [0.3, 0.4) is 0 Å². The number of carbonyl (C=O) groups is 1. The lowest BCUT2D eigenvalue weighted by atomic mass is 10.2. The minimum Gasteiger partial charge on any atom is -0.343 e.